The third-order valence-corrected chi connectivity index (χ3v) is 3.59. The van der Waals surface area contributed by atoms with Gasteiger partial charge < -0.3 is 10.6 Å². The standard InChI is InChI=1S/C13H18ClN3O3/c1-4-8(3)16(5-2)13(18)10-6-9(17(19)20)7-11(14)12(10)15/h6-8H,4-5,15H2,1-3H3. The second kappa shape index (κ2) is 6.56. The number of rotatable bonds is 5. The van der Waals surface area contributed by atoms with Crippen molar-refractivity contribution in [2.45, 2.75) is 33.2 Å². The first-order chi connectivity index (χ1) is 9.33. The number of amides is 1. The molecule has 0 heterocycles. The average Bonchev–Trinajstić information content (AvgIpc) is 2.41. The molecule has 1 rings (SSSR count). The molecule has 0 aromatic heterocycles. The summed E-state index contributed by atoms with van der Waals surface area (Å²) < 4.78 is 0. The van der Waals surface area contributed by atoms with Gasteiger partial charge in [0.15, 0.2) is 0 Å². The van der Waals surface area contributed by atoms with Crippen LogP contribution in [-0.4, -0.2) is 28.3 Å². The molecule has 0 spiro atoms. The molecule has 0 radical (unpaired) electrons. The van der Waals surface area contributed by atoms with E-state index in [9.17, 15) is 14.9 Å². The van der Waals surface area contributed by atoms with Gasteiger partial charge in [0.1, 0.15) is 0 Å². The molecule has 7 heteroatoms. The minimum absolute atomic E-state index is 0.0164. The highest BCUT2D eigenvalue weighted by atomic mass is 35.5. The lowest BCUT2D eigenvalue weighted by Crippen LogP contribution is -2.38. The molecule has 1 aromatic rings. The Balaban J connectivity index is 3.30. The van der Waals surface area contributed by atoms with Gasteiger partial charge in [0.2, 0.25) is 0 Å². The summed E-state index contributed by atoms with van der Waals surface area (Å²) in [5, 5.41) is 10.9. The van der Waals surface area contributed by atoms with Crippen molar-refractivity contribution in [3.63, 3.8) is 0 Å². The van der Waals surface area contributed by atoms with E-state index in [1.54, 1.807) is 4.90 Å². The number of carbonyl (C=O) groups is 1. The van der Waals surface area contributed by atoms with Crippen molar-refractivity contribution in [1.29, 1.82) is 0 Å². The molecule has 0 fully saturated rings. The van der Waals surface area contributed by atoms with E-state index in [2.05, 4.69) is 0 Å². The van der Waals surface area contributed by atoms with Gasteiger partial charge in [0.25, 0.3) is 11.6 Å². The largest absolute Gasteiger partial charge is 0.397 e. The van der Waals surface area contributed by atoms with Gasteiger partial charge in [-0.05, 0) is 20.3 Å². The molecule has 0 saturated carbocycles. The summed E-state index contributed by atoms with van der Waals surface area (Å²) in [5.74, 6) is -0.343. The summed E-state index contributed by atoms with van der Waals surface area (Å²) in [6, 6.07) is 2.34. The second-order valence-corrected chi connectivity index (χ2v) is 4.90. The van der Waals surface area contributed by atoms with Crippen LogP contribution in [0.5, 0.6) is 0 Å². The summed E-state index contributed by atoms with van der Waals surface area (Å²) in [5.41, 5.74) is 5.69. The Morgan fingerprint density at radius 1 is 1.50 bits per heavy atom. The second-order valence-electron chi connectivity index (χ2n) is 4.49. The minimum Gasteiger partial charge on any atom is -0.397 e. The van der Waals surface area contributed by atoms with Crippen molar-refractivity contribution in [3.05, 3.63) is 32.8 Å². The van der Waals surface area contributed by atoms with Crippen molar-refractivity contribution in [1.82, 2.24) is 4.90 Å². The zero-order valence-electron chi connectivity index (χ0n) is 11.7. The normalized spacial score (nSPS) is 12.0. The highest BCUT2D eigenvalue weighted by molar-refractivity contribution is 6.34. The zero-order valence-corrected chi connectivity index (χ0v) is 12.5. The smallest absolute Gasteiger partial charge is 0.271 e. The molecule has 1 atom stereocenters. The summed E-state index contributed by atoms with van der Waals surface area (Å²) >= 11 is 5.87. The SMILES string of the molecule is CCC(C)N(CC)C(=O)c1cc([N+](=O)[O-])cc(Cl)c1N. The summed E-state index contributed by atoms with van der Waals surface area (Å²) in [6.45, 7) is 6.22. The Morgan fingerprint density at radius 3 is 2.55 bits per heavy atom. The number of nitrogens with zero attached hydrogens (tertiary/aromatic N) is 2. The van der Waals surface area contributed by atoms with Crippen LogP contribution < -0.4 is 5.73 Å². The third-order valence-electron chi connectivity index (χ3n) is 3.28. The van der Waals surface area contributed by atoms with Gasteiger partial charge in [0, 0.05) is 24.7 Å². The van der Waals surface area contributed by atoms with Crippen LogP contribution >= 0.6 is 11.6 Å². The van der Waals surface area contributed by atoms with Crippen molar-refractivity contribution in [3.8, 4) is 0 Å². The molecule has 0 aliphatic carbocycles. The van der Waals surface area contributed by atoms with Crippen LogP contribution in [0.3, 0.4) is 0 Å². The van der Waals surface area contributed by atoms with Crippen LogP contribution in [0, 0.1) is 10.1 Å². The fraction of sp³-hybridized carbons (Fsp3) is 0.462. The molecule has 6 nitrogen and oxygen atoms in total. The van der Waals surface area contributed by atoms with Gasteiger partial charge in [-0.3, -0.25) is 14.9 Å². The highest BCUT2D eigenvalue weighted by Gasteiger charge is 2.24. The first-order valence-corrected chi connectivity index (χ1v) is 6.75. The van der Waals surface area contributed by atoms with Crippen LogP contribution in [0.25, 0.3) is 0 Å². The molecule has 0 bridgehead atoms. The van der Waals surface area contributed by atoms with Gasteiger partial charge >= 0.3 is 0 Å². The van der Waals surface area contributed by atoms with E-state index in [1.807, 2.05) is 20.8 Å². The summed E-state index contributed by atoms with van der Waals surface area (Å²) in [4.78, 5) is 24.4. The fourth-order valence-electron chi connectivity index (χ4n) is 1.92. The monoisotopic (exact) mass is 299 g/mol. The number of halogens is 1. The number of anilines is 1. The number of nitro groups is 1. The number of hydrogen-bond donors (Lipinski definition) is 1. The van der Waals surface area contributed by atoms with Crippen LogP contribution in [0.15, 0.2) is 12.1 Å². The summed E-state index contributed by atoms with van der Waals surface area (Å²) in [7, 11) is 0. The number of nitro benzene ring substituents is 1. The Hall–Kier alpha value is -1.82. The molecule has 1 unspecified atom stereocenters. The van der Waals surface area contributed by atoms with E-state index < -0.39 is 4.92 Å². The number of non-ortho nitro benzene ring substituents is 1. The number of nitrogens with two attached hydrogens (primary N) is 1. The van der Waals surface area contributed by atoms with Gasteiger partial charge in [-0.2, -0.15) is 0 Å². The molecular weight excluding hydrogens is 282 g/mol. The van der Waals surface area contributed by atoms with Crippen molar-refractivity contribution in [2.75, 3.05) is 12.3 Å². The van der Waals surface area contributed by atoms with Crippen molar-refractivity contribution < 1.29 is 9.72 Å². The molecule has 0 aliphatic heterocycles. The fourth-order valence-corrected chi connectivity index (χ4v) is 2.13. The van der Waals surface area contributed by atoms with E-state index in [-0.39, 0.29) is 33.9 Å². The van der Waals surface area contributed by atoms with Crippen molar-refractivity contribution >= 4 is 28.9 Å². The van der Waals surface area contributed by atoms with Gasteiger partial charge in [-0.1, -0.05) is 18.5 Å². The van der Waals surface area contributed by atoms with E-state index in [1.165, 1.54) is 6.07 Å². The Bertz CT molecular complexity index is 534. The maximum absolute atomic E-state index is 12.5. The first-order valence-electron chi connectivity index (χ1n) is 6.37. The topological polar surface area (TPSA) is 89.5 Å². The lowest BCUT2D eigenvalue weighted by molar-refractivity contribution is -0.384. The maximum atomic E-state index is 12.5. The predicted molar refractivity (Wildman–Crippen MR) is 79.0 cm³/mol. The molecule has 110 valence electrons. The van der Waals surface area contributed by atoms with Crippen LogP contribution in [0.4, 0.5) is 11.4 Å². The molecule has 0 saturated heterocycles. The molecule has 2 N–H and O–H groups in total. The van der Waals surface area contributed by atoms with E-state index in [4.69, 9.17) is 17.3 Å². The lowest BCUT2D eigenvalue weighted by Gasteiger charge is -2.27. The highest BCUT2D eigenvalue weighted by Crippen LogP contribution is 2.30. The van der Waals surface area contributed by atoms with E-state index >= 15 is 0 Å². The first kappa shape index (κ1) is 16.2. The Morgan fingerprint density at radius 2 is 2.10 bits per heavy atom. The van der Waals surface area contributed by atoms with Crippen LogP contribution in [0.2, 0.25) is 5.02 Å². The zero-order chi connectivity index (χ0) is 15.4. The minimum atomic E-state index is -0.596. The lowest BCUT2D eigenvalue weighted by atomic mass is 10.1. The van der Waals surface area contributed by atoms with Gasteiger partial charge in [-0.15, -0.1) is 0 Å². The van der Waals surface area contributed by atoms with Crippen LogP contribution in [-0.2, 0) is 0 Å². The Labute approximate surface area is 122 Å². The molecule has 1 amide bonds. The predicted octanol–water partition coefficient (Wildman–Crippen LogP) is 3.09. The number of nitrogen functional groups attached to an aromatic ring is 1. The Kier molecular flexibility index (Phi) is 5.33. The van der Waals surface area contributed by atoms with Crippen molar-refractivity contribution in [2.24, 2.45) is 0 Å². The van der Waals surface area contributed by atoms with Crippen LogP contribution in [0.1, 0.15) is 37.6 Å². The number of carbonyl (C=O) groups excluding carboxylic acids is 1. The van der Waals surface area contributed by atoms with E-state index in [0.717, 1.165) is 12.5 Å². The quantitative estimate of drug-likeness (QED) is 0.514. The van der Waals surface area contributed by atoms with Gasteiger partial charge in [0.05, 0.1) is 21.2 Å². The molecule has 20 heavy (non-hydrogen) atoms. The summed E-state index contributed by atoms with van der Waals surface area (Å²) in [6.07, 6.45) is 0.780. The third kappa shape index (κ3) is 3.19. The number of hydrogen-bond acceptors (Lipinski definition) is 4. The molecular formula is C13H18ClN3O3. The van der Waals surface area contributed by atoms with E-state index in [0.29, 0.717) is 6.54 Å². The average molecular weight is 300 g/mol. The number of benzene rings is 1. The maximum Gasteiger partial charge on any atom is 0.271 e. The molecule has 0 aliphatic rings. The van der Waals surface area contributed by atoms with Gasteiger partial charge in [-0.25, -0.2) is 0 Å². The molecule has 1 aromatic carbocycles.